The molecule has 1 unspecified atom stereocenters. The Balaban J connectivity index is 1.84. The Bertz CT molecular complexity index is 674. The zero-order valence-electron chi connectivity index (χ0n) is 12.5. The summed E-state index contributed by atoms with van der Waals surface area (Å²) >= 11 is 1.63. The Kier molecular flexibility index (Phi) is 4.89. The van der Waals surface area contributed by atoms with E-state index in [4.69, 9.17) is 5.26 Å². The molecule has 0 saturated carbocycles. The van der Waals surface area contributed by atoms with E-state index in [0.29, 0.717) is 12.6 Å². The smallest absolute Gasteiger partial charge is 0.100 e. The third-order valence-corrected chi connectivity index (χ3v) is 5.23. The highest BCUT2D eigenvalue weighted by Gasteiger charge is 2.25. The van der Waals surface area contributed by atoms with E-state index >= 15 is 0 Å². The molecule has 1 heterocycles. The van der Waals surface area contributed by atoms with Crippen molar-refractivity contribution >= 4 is 11.3 Å². The maximum absolute atomic E-state index is 9.45. The number of thiophene rings is 1. The molecule has 0 fully saturated rings. The van der Waals surface area contributed by atoms with Crippen LogP contribution in [-0.4, -0.2) is 23.2 Å². The van der Waals surface area contributed by atoms with E-state index < -0.39 is 0 Å². The molecule has 1 aromatic carbocycles. The van der Waals surface area contributed by atoms with Gasteiger partial charge < -0.3 is 5.11 Å². The molecule has 0 aliphatic heterocycles. The SMILES string of the molecule is N#Cc1csc(CN(CCO)C2CCCc3ccccc32)c1. The van der Waals surface area contributed by atoms with Gasteiger partial charge in [-0.15, -0.1) is 11.3 Å². The maximum Gasteiger partial charge on any atom is 0.100 e. The number of aryl methyl sites for hydroxylation is 1. The minimum Gasteiger partial charge on any atom is -0.395 e. The predicted octanol–water partition coefficient (Wildman–Crippen LogP) is 3.49. The number of nitriles is 1. The summed E-state index contributed by atoms with van der Waals surface area (Å²) in [5, 5.41) is 20.3. The zero-order chi connectivity index (χ0) is 15.4. The van der Waals surface area contributed by atoms with Gasteiger partial charge in [-0.25, -0.2) is 0 Å². The van der Waals surface area contributed by atoms with Crippen molar-refractivity contribution in [2.24, 2.45) is 0 Å². The summed E-state index contributed by atoms with van der Waals surface area (Å²) in [5.41, 5.74) is 3.57. The van der Waals surface area contributed by atoms with E-state index in [9.17, 15) is 5.11 Å². The Labute approximate surface area is 135 Å². The summed E-state index contributed by atoms with van der Waals surface area (Å²) < 4.78 is 0. The van der Waals surface area contributed by atoms with Crippen LogP contribution in [0.25, 0.3) is 0 Å². The molecule has 1 atom stereocenters. The molecule has 1 aromatic heterocycles. The number of hydrogen-bond donors (Lipinski definition) is 1. The summed E-state index contributed by atoms with van der Waals surface area (Å²) in [5.74, 6) is 0. The van der Waals surface area contributed by atoms with E-state index in [0.717, 1.165) is 24.9 Å². The molecule has 1 N–H and O–H groups in total. The Morgan fingerprint density at radius 3 is 3.00 bits per heavy atom. The molecule has 1 aliphatic rings. The topological polar surface area (TPSA) is 47.3 Å². The lowest BCUT2D eigenvalue weighted by atomic mass is 9.86. The number of aliphatic hydroxyl groups excluding tert-OH is 1. The molecule has 22 heavy (non-hydrogen) atoms. The first-order valence-electron chi connectivity index (χ1n) is 7.72. The van der Waals surface area contributed by atoms with Crippen LogP contribution in [0.4, 0.5) is 0 Å². The van der Waals surface area contributed by atoms with Gasteiger partial charge in [-0.1, -0.05) is 24.3 Å². The third kappa shape index (κ3) is 3.22. The lowest BCUT2D eigenvalue weighted by molar-refractivity contribution is 0.132. The fraction of sp³-hybridized carbons (Fsp3) is 0.389. The van der Waals surface area contributed by atoms with Crippen molar-refractivity contribution in [3.8, 4) is 6.07 Å². The van der Waals surface area contributed by atoms with Crippen LogP contribution in [-0.2, 0) is 13.0 Å². The van der Waals surface area contributed by atoms with Crippen molar-refractivity contribution in [3.63, 3.8) is 0 Å². The second-order valence-electron chi connectivity index (χ2n) is 5.71. The molecular weight excluding hydrogens is 292 g/mol. The van der Waals surface area contributed by atoms with Crippen LogP contribution in [0, 0.1) is 11.3 Å². The van der Waals surface area contributed by atoms with E-state index in [1.807, 2.05) is 11.4 Å². The van der Waals surface area contributed by atoms with E-state index in [1.54, 1.807) is 11.3 Å². The molecule has 114 valence electrons. The van der Waals surface area contributed by atoms with E-state index in [2.05, 4.69) is 35.2 Å². The molecule has 0 saturated heterocycles. The molecular formula is C18H20N2OS. The minimum absolute atomic E-state index is 0.162. The molecule has 0 amide bonds. The van der Waals surface area contributed by atoms with Gasteiger partial charge in [-0.2, -0.15) is 5.26 Å². The molecule has 4 heteroatoms. The predicted molar refractivity (Wildman–Crippen MR) is 88.7 cm³/mol. The highest BCUT2D eigenvalue weighted by molar-refractivity contribution is 7.10. The number of rotatable bonds is 5. The van der Waals surface area contributed by atoms with Crippen LogP contribution in [0.2, 0.25) is 0 Å². The molecule has 2 aromatic rings. The van der Waals surface area contributed by atoms with Crippen LogP contribution in [0.15, 0.2) is 35.7 Å². The van der Waals surface area contributed by atoms with Crippen LogP contribution in [0.5, 0.6) is 0 Å². The fourth-order valence-electron chi connectivity index (χ4n) is 3.30. The summed E-state index contributed by atoms with van der Waals surface area (Å²) in [6.07, 6.45) is 3.47. The summed E-state index contributed by atoms with van der Waals surface area (Å²) in [7, 11) is 0. The lowest BCUT2D eigenvalue weighted by Gasteiger charge is -2.35. The highest BCUT2D eigenvalue weighted by atomic mass is 32.1. The first kappa shape index (κ1) is 15.2. The number of benzene rings is 1. The standard InChI is InChI=1S/C18H20N2OS/c19-11-14-10-16(22-13-14)12-20(8-9-21)18-7-3-5-15-4-1-2-6-17(15)18/h1-2,4,6,10,13,18,21H,3,5,7-9,12H2. The van der Waals surface area contributed by atoms with Gasteiger partial charge in [0.25, 0.3) is 0 Å². The van der Waals surface area contributed by atoms with Crippen molar-refractivity contribution < 1.29 is 5.11 Å². The van der Waals surface area contributed by atoms with E-state index in [1.165, 1.54) is 22.4 Å². The molecule has 3 nitrogen and oxygen atoms in total. The molecule has 0 spiro atoms. The quantitative estimate of drug-likeness (QED) is 0.919. The normalized spacial score (nSPS) is 17.2. The average molecular weight is 312 g/mol. The summed E-state index contributed by atoms with van der Waals surface area (Å²) in [4.78, 5) is 3.54. The minimum atomic E-state index is 0.162. The molecule has 0 bridgehead atoms. The van der Waals surface area contributed by atoms with Gasteiger partial charge in [0.1, 0.15) is 6.07 Å². The van der Waals surface area contributed by atoms with Crippen LogP contribution < -0.4 is 0 Å². The lowest BCUT2D eigenvalue weighted by Crippen LogP contribution is -2.33. The van der Waals surface area contributed by atoms with Gasteiger partial charge in [-0.3, -0.25) is 4.90 Å². The molecule has 0 radical (unpaired) electrons. The monoisotopic (exact) mass is 312 g/mol. The first-order chi connectivity index (χ1) is 10.8. The van der Waals surface area contributed by atoms with Gasteiger partial charge in [0.05, 0.1) is 12.2 Å². The van der Waals surface area contributed by atoms with Crippen LogP contribution in [0.3, 0.4) is 0 Å². The molecule has 3 rings (SSSR count). The number of hydrogen-bond acceptors (Lipinski definition) is 4. The van der Waals surface area contributed by atoms with Gasteiger partial charge in [0.2, 0.25) is 0 Å². The maximum atomic E-state index is 9.45. The van der Waals surface area contributed by atoms with Crippen LogP contribution in [0.1, 0.15) is 40.5 Å². The molecule has 1 aliphatic carbocycles. The average Bonchev–Trinajstić information content (AvgIpc) is 3.02. The van der Waals surface area contributed by atoms with Gasteiger partial charge in [-0.05, 0) is 36.5 Å². The second-order valence-corrected chi connectivity index (χ2v) is 6.71. The highest BCUT2D eigenvalue weighted by Crippen LogP contribution is 2.35. The largest absolute Gasteiger partial charge is 0.395 e. The van der Waals surface area contributed by atoms with Crippen molar-refractivity contribution in [1.82, 2.24) is 4.90 Å². The summed E-state index contributed by atoms with van der Waals surface area (Å²) in [6, 6.07) is 13.2. The van der Waals surface area contributed by atoms with Crippen molar-refractivity contribution in [2.45, 2.75) is 31.8 Å². The van der Waals surface area contributed by atoms with Crippen molar-refractivity contribution in [1.29, 1.82) is 5.26 Å². The fourth-order valence-corrected chi connectivity index (χ4v) is 4.14. The second kappa shape index (κ2) is 7.06. The van der Waals surface area contributed by atoms with Gasteiger partial charge in [0, 0.05) is 29.4 Å². The van der Waals surface area contributed by atoms with Gasteiger partial charge >= 0.3 is 0 Å². The number of nitrogens with zero attached hydrogens (tertiary/aromatic N) is 2. The Morgan fingerprint density at radius 2 is 2.23 bits per heavy atom. The Morgan fingerprint density at radius 1 is 1.36 bits per heavy atom. The van der Waals surface area contributed by atoms with Gasteiger partial charge in [0.15, 0.2) is 0 Å². The third-order valence-electron chi connectivity index (χ3n) is 4.31. The first-order valence-corrected chi connectivity index (χ1v) is 8.60. The number of aliphatic hydroxyl groups is 1. The van der Waals surface area contributed by atoms with Crippen molar-refractivity contribution in [2.75, 3.05) is 13.2 Å². The summed E-state index contributed by atoms with van der Waals surface area (Å²) in [6.45, 7) is 1.62. The Hall–Kier alpha value is -1.67. The van der Waals surface area contributed by atoms with Crippen LogP contribution >= 0.6 is 11.3 Å². The zero-order valence-corrected chi connectivity index (χ0v) is 13.4. The number of fused-ring (bicyclic) bond motifs is 1. The van der Waals surface area contributed by atoms with Crippen molar-refractivity contribution in [3.05, 3.63) is 57.3 Å². The van der Waals surface area contributed by atoms with E-state index in [-0.39, 0.29) is 6.61 Å².